The Balaban J connectivity index is 1.60. The smallest absolute Gasteiger partial charge is 0.250 e. The van der Waals surface area contributed by atoms with E-state index in [-0.39, 0.29) is 12.2 Å². The van der Waals surface area contributed by atoms with Crippen LogP contribution in [0, 0.1) is 0 Å². The molecular weight excluding hydrogens is 376 g/mol. The molecule has 0 aliphatic carbocycles. The Morgan fingerprint density at radius 3 is 2.77 bits per heavy atom. The van der Waals surface area contributed by atoms with Gasteiger partial charge in [-0.15, -0.1) is 0 Å². The molecule has 0 saturated carbocycles. The van der Waals surface area contributed by atoms with Gasteiger partial charge in [0.25, 0.3) is 0 Å². The van der Waals surface area contributed by atoms with Crippen molar-refractivity contribution >= 4 is 23.1 Å². The fraction of sp³-hybridized carbons (Fsp3) is 0.391. The van der Waals surface area contributed by atoms with Gasteiger partial charge < -0.3 is 20.0 Å². The number of aromatic nitrogens is 1. The van der Waals surface area contributed by atoms with Crippen LogP contribution in [0.25, 0.3) is 0 Å². The summed E-state index contributed by atoms with van der Waals surface area (Å²) in [4.78, 5) is 22.9. The van der Waals surface area contributed by atoms with Crippen LogP contribution in [0.2, 0.25) is 0 Å². The molecule has 0 bridgehead atoms. The first-order valence-electron chi connectivity index (χ1n) is 10.5. The molecule has 7 heteroatoms. The van der Waals surface area contributed by atoms with Crippen molar-refractivity contribution in [3.63, 3.8) is 0 Å². The topological polar surface area (TPSA) is 63.7 Å². The normalized spacial score (nSPS) is 19.3. The van der Waals surface area contributed by atoms with E-state index < -0.39 is 0 Å². The van der Waals surface area contributed by atoms with E-state index in [2.05, 4.69) is 63.3 Å². The molecule has 2 aliphatic heterocycles. The number of rotatable bonds is 6. The molecule has 4 rings (SSSR count). The Hall–Kier alpha value is -2.90. The molecule has 1 unspecified atom stereocenters. The molecule has 7 nitrogen and oxygen atoms in total. The first kappa shape index (κ1) is 20.4. The SMILES string of the molecule is C=CC(=O)N(C)c1cnc2c(c1)N(Cc1ccccc1)C(NC1CCN(C)CC1)N2. The molecular formula is C23H30N6O. The van der Waals surface area contributed by atoms with Gasteiger partial charge in [0.15, 0.2) is 12.1 Å². The Labute approximate surface area is 178 Å². The lowest BCUT2D eigenvalue weighted by Crippen LogP contribution is -2.53. The third-order valence-corrected chi connectivity index (χ3v) is 5.95. The van der Waals surface area contributed by atoms with Gasteiger partial charge in [-0.25, -0.2) is 4.98 Å². The highest BCUT2D eigenvalue weighted by molar-refractivity contribution is 6.01. The number of likely N-dealkylation sites (N-methyl/N-ethyl adjacent to an activating group) is 1. The second kappa shape index (κ2) is 8.85. The van der Waals surface area contributed by atoms with Crippen LogP contribution in [-0.4, -0.2) is 55.3 Å². The maximum absolute atomic E-state index is 12.1. The molecule has 3 heterocycles. The van der Waals surface area contributed by atoms with E-state index in [0.29, 0.717) is 6.04 Å². The lowest BCUT2D eigenvalue weighted by Gasteiger charge is -2.35. The third kappa shape index (κ3) is 4.32. The van der Waals surface area contributed by atoms with Gasteiger partial charge in [-0.2, -0.15) is 0 Å². The molecule has 2 N–H and O–H groups in total. The van der Waals surface area contributed by atoms with Crippen LogP contribution in [0.3, 0.4) is 0 Å². The fourth-order valence-electron chi connectivity index (χ4n) is 4.05. The monoisotopic (exact) mass is 406 g/mol. The second-order valence-corrected chi connectivity index (χ2v) is 8.07. The molecule has 2 aromatic rings. The number of nitrogens with zero attached hydrogens (tertiary/aromatic N) is 4. The maximum Gasteiger partial charge on any atom is 0.250 e. The van der Waals surface area contributed by atoms with Crippen molar-refractivity contribution in [2.24, 2.45) is 0 Å². The summed E-state index contributed by atoms with van der Waals surface area (Å²) in [6.07, 6.45) is 5.25. The second-order valence-electron chi connectivity index (χ2n) is 8.07. The van der Waals surface area contributed by atoms with Crippen molar-refractivity contribution in [1.82, 2.24) is 15.2 Å². The molecule has 1 aromatic heterocycles. The quantitative estimate of drug-likeness (QED) is 0.719. The van der Waals surface area contributed by atoms with Gasteiger partial charge in [0, 0.05) is 19.6 Å². The first-order chi connectivity index (χ1) is 14.5. The number of hydrogen-bond acceptors (Lipinski definition) is 6. The van der Waals surface area contributed by atoms with Gasteiger partial charge in [-0.3, -0.25) is 10.1 Å². The number of amides is 1. The van der Waals surface area contributed by atoms with Crippen LogP contribution in [0.4, 0.5) is 17.2 Å². The number of likely N-dealkylation sites (tertiary alicyclic amines) is 1. The zero-order valence-corrected chi connectivity index (χ0v) is 17.7. The number of anilines is 3. The molecule has 0 radical (unpaired) electrons. The van der Waals surface area contributed by atoms with Crippen molar-refractivity contribution in [3.05, 3.63) is 60.8 Å². The minimum atomic E-state index is -0.154. The van der Waals surface area contributed by atoms with E-state index in [4.69, 9.17) is 0 Å². The van der Waals surface area contributed by atoms with E-state index in [9.17, 15) is 4.79 Å². The van der Waals surface area contributed by atoms with Crippen molar-refractivity contribution in [1.29, 1.82) is 0 Å². The predicted octanol–water partition coefficient (Wildman–Crippen LogP) is 2.63. The maximum atomic E-state index is 12.1. The van der Waals surface area contributed by atoms with Crippen LogP contribution in [-0.2, 0) is 11.3 Å². The highest BCUT2D eigenvalue weighted by Crippen LogP contribution is 2.36. The van der Waals surface area contributed by atoms with E-state index in [1.807, 2.05) is 12.1 Å². The lowest BCUT2D eigenvalue weighted by molar-refractivity contribution is -0.113. The van der Waals surface area contributed by atoms with Gasteiger partial charge in [0.05, 0.1) is 17.6 Å². The van der Waals surface area contributed by atoms with Crippen LogP contribution in [0.15, 0.2) is 55.3 Å². The summed E-state index contributed by atoms with van der Waals surface area (Å²) in [7, 11) is 3.92. The Kier molecular flexibility index (Phi) is 6.01. The Morgan fingerprint density at radius 1 is 1.33 bits per heavy atom. The summed E-state index contributed by atoms with van der Waals surface area (Å²) in [6, 6.07) is 12.9. The number of carbonyl (C=O) groups excluding carboxylic acids is 1. The molecule has 1 amide bonds. The van der Waals surface area contributed by atoms with Crippen LogP contribution in [0.5, 0.6) is 0 Å². The molecule has 2 aliphatic rings. The average molecular weight is 407 g/mol. The van der Waals surface area contributed by atoms with Gasteiger partial charge in [0.1, 0.15) is 0 Å². The van der Waals surface area contributed by atoms with Crippen LogP contribution >= 0.6 is 0 Å². The highest BCUT2D eigenvalue weighted by atomic mass is 16.2. The number of nitrogens with one attached hydrogen (secondary N) is 2. The summed E-state index contributed by atoms with van der Waals surface area (Å²) in [5.41, 5.74) is 2.96. The van der Waals surface area contributed by atoms with Gasteiger partial charge in [-0.05, 0) is 50.7 Å². The Morgan fingerprint density at radius 2 is 2.07 bits per heavy atom. The summed E-state index contributed by atoms with van der Waals surface area (Å²) in [5, 5.41) is 7.33. The third-order valence-electron chi connectivity index (χ3n) is 5.95. The molecule has 30 heavy (non-hydrogen) atoms. The number of pyridine rings is 1. The summed E-state index contributed by atoms with van der Waals surface area (Å²) in [5.74, 6) is 0.679. The molecule has 1 atom stereocenters. The fourth-order valence-corrected chi connectivity index (χ4v) is 4.05. The number of carbonyl (C=O) groups is 1. The van der Waals surface area contributed by atoms with Gasteiger partial charge in [0.2, 0.25) is 5.91 Å². The van der Waals surface area contributed by atoms with E-state index in [1.54, 1.807) is 18.1 Å². The first-order valence-corrected chi connectivity index (χ1v) is 10.5. The molecule has 1 saturated heterocycles. The van der Waals surface area contributed by atoms with Crippen molar-refractivity contribution < 1.29 is 4.79 Å². The number of hydrogen-bond donors (Lipinski definition) is 2. The predicted molar refractivity (Wildman–Crippen MR) is 122 cm³/mol. The van der Waals surface area contributed by atoms with Crippen molar-refractivity contribution in [2.45, 2.75) is 31.7 Å². The summed E-state index contributed by atoms with van der Waals surface area (Å²) < 4.78 is 0. The lowest BCUT2D eigenvalue weighted by atomic mass is 10.1. The van der Waals surface area contributed by atoms with Gasteiger partial charge in [-0.1, -0.05) is 36.9 Å². The molecule has 1 aromatic carbocycles. The van der Waals surface area contributed by atoms with Gasteiger partial charge >= 0.3 is 0 Å². The molecule has 158 valence electrons. The minimum Gasteiger partial charge on any atom is -0.336 e. The largest absolute Gasteiger partial charge is 0.336 e. The van der Waals surface area contributed by atoms with Crippen molar-refractivity contribution in [2.75, 3.05) is 42.3 Å². The van der Waals surface area contributed by atoms with Crippen LogP contribution in [0.1, 0.15) is 18.4 Å². The number of fused-ring (bicyclic) bond motifs is 1. The van der Waals surface area contributed by atoms with Crippen molar-refractivity contribution in [3.8, 4) is 0 Å². The zero-order chi connectivity index (χ0) is 21.1. The van der Waals surface area contributed by atoms with E-state index in [1.165, 1.54) is 11.6 Å². The summed E-state index contributed by atoms with van der Waals surface area (Å²) in [6.45, 7) is 6.54. The number of piperidine rings is 1. The number of benzene rings is 1. The van der Waals surface area contributed by atoms with E-state index in [0.717, 1.165) is 49.7 Å². The summed E-state index contributed by atoms with van der Waals surface area (Å²) >= 11 is 0. The molecule has 0 spiro atoms. The Bertz CT molecular complexity index is 894. The van der Waals surface area contributed by atoms with Crippen LogP contribution < -0.4 is 20.4 Å². The molecule has 1 fully saturated rings. The minimum absolute atomic E-state index is 0.0447. The highest BCUT2D eigenvalue weighted by Gasteiger charge is 2.32. The average Bonchev–Trinajstić information content (AvgIpc) is 3.11. The standard InChI is InChI=1S/C23H30N6O/c1-4-21(30)28(3)19-14-20-22(24-15-19)26-23(25-18-10-12-27(2)13-11-18)29(20)16-17-8-6-5-7-9-17/h4-9,14-15,18,23,25H,1,10-13,16H2,2-3H3,(H,24,26). The zero-order valence-electron chi connectivity index (χ0n) is 17.7. The van der Waals surface area contributed by atoms with E-state index >= 15 is 0 Å².